The lowest BCUT2D eigenvalue weighted by Gasteiger charge is -2.10. The third-order valence-corrected chi connectivity index (χ3v) is 3.10. The first-order valence-electron chi connectivity index (χ1n) is 6.84. The van der Waals surface area contributed by atoms with Crippen molar-refractivity contribution in [2.75, 3.05) is 0 Å². The molecule has 0 fully saturated rings. The van der Waals surface area contributed by atoms with E-state index in [1.165, 1.54) is 24.4 Å². The van der Waals surface area contributed by atoms with Crippen LogP contribution in [0.2, 0.25) is 0 Å². The third-order valence-electron chi connectivity index (χ3n) is 3.10. The monoisotopic (exact) mass is 333 g/mol. The number of hydrogen-bond acceptors (Lipinski definition) is 4. The van der Waals surface area contributed by atoms with Gasteiger partial charge in [-0.1, -0.05) is 24.3 Å². The van der Waals surface area contributed by atoms with Crippen LogP contribution in [-0.4, -0.2) is 17.3 Å². The van der Waals surface area contributed by atoms with E-state index in [9.17, 15) is 18.0 Å². The average molecular weight is 333 g/mol. The zero-order valence-electron chi connectivity index (χ0n) is 12.1. The number of ether oxygens (including phenoxy) is 2. The van der Waals surface area contributed by atoms with Gasteiger partial charge in [0.25, 0.3) is 0 Å². The molecule has 0 unspecified atom stereocenters. The van der Waals surface area contributed by atoms with Crippen LogP contribution in [0.25, 0.3) is 10.9 Å². The molecule has 0 spiro atoms. The lowest BCUT2D eigenvalue weighted by Crippen LogP contribution is -2.17. The van der Waals surface area contributed by atoms with Crippen molar-refractivity contribution in [1.29, 1.82) is 0 Å². The number of esters is 1. The molecular weight excluding hydrogens is 323 g/mol. The van der Waals surface area contributed by atoms with Crippen LogP contribution in [-0.2, 0) is 0 Å². The number of fused-ring (bicyclic) bond motifs is 1. The minimum atomic E-state index is -4.82. The van der Waals surface area contributed by atoms with Crippen LogP contribution in [0.4, 0.5) is 13.2 Å². The van der Waals surface area contributed by atoms with Gasteiger partial charge in [0.15, 0.2) is 0 Å². The van der Waals surface area contributed by atoms with Gasteiger partial charge >= 0.3 is 12.3 Å². The minimum absolute atomic E-state index is 0.0605. The largest absolute Gasteiger partial charge is 0.573 e. The molecule has 2 aromatic carbocycles. The molecule has 0 N–H and O–H groups in total. The lowest BCUT2D eigenvalue weighted by molar-refractivity contribution is -0.274. The Morgan fingerprint density at radius 1 is 0.958 bits per heavy atom. The number of carbonyl (C=O) groups excluding carboxylic acids is 1. The summed E-state index contributed by atoms with van der Waals surface area (Å²) < 4.78 is 45.6. The van der Waals surface area contributed by atoms with E-state index in [4.69, 9.17) is 4.74 Å². The first-order valence-corrected chi connectivity index (χ1v) is 6.84. The van der Waals surface area contributed by atoms with Gasteiger partial charge < -0.3 is 9.47 Å². The molecule has 1 heterocycles. The Morgan fingerprint density at radius 2 is 1.67 bits per heavy atom. The number of alkyl halides is 3. The van der Waals surface area contributed by atoms with Crippen LogP contribution >= 0.6 is 0 Å². The molecule has 0 saturated carbocycles. The molecule has 24 heavy (non-hydrogen) atoms. The van der Waals surface area contributed by atoms with Crippen molar-refractivity contribution in [2.24, 2.45) is 0 Å². The minimum Gasteiger partial charge on any atom is -0.423 e. The molecule has 0 atom stereocenters. The van der Waals surface area contributed by atoms with Gasteiger partial charge in [-0.2, -0.15) is 0 Å². The molecule has 0 aliphatic rings. The number of rotatable bonds is 3. The van der Waals surface area contributed by atoms with Crippen molar-refractivity contribution in [2.45, 2.75) is 6.36 Å². The van der Waals surface area contributed by atoms with Gasteiger partial charge in [-0.15, -0.1) is 13.2 Å². The van der Waals surface area contributed by atoms with Crippen LogP contribution in [0.1, 0.15) is 10.4 Å². The number of benzene rings is 2. The second-order valence-electron chi connectivity index (χ2n) is 4.79. The maximum atomic E-state index is 12.3. The van der Waals surface area contributed by atoms with Gasteiger partial charge in [0.2, 0.25) is 0 Å². The molecule has 0 aliphatic carbocycles. The zero-order chi connectivity index (χ0) is 17.2. The van der Waals surface area contributed by atoms with Crippen LogP contribution in [0.15, 0.2) is 60.8 Å². The summed E-state index contributed by atoms with van der Waals surface area (Å²) in [7, 11) is 0. The van der Waals surface area contributed by atoms with E-state index in [2.05, 4.69) is 9.72 Å². The van der Waals surface area contributed by atoms with E-state index in [0.717, 1.165) is 17.5 Å². The van der Waals surface area contributed by atoms with Crippen molar-refractivity contribution in [3.63, 3.8) is 0 Å². The van der Waals surface area contributed by atoms with E-state index in [1.807, 2.05) is 0 Å². The maximum absolute atomic E-state index is 12.3. The predicted octanol–water partition coefficient (Wildman–Crippen LogP) is 4.35. The number of para-hydroxylation sites is 1. The quantitative estimate of drug-likeness (QED) is 0.528. The molecule has 122 valence electrons. The van der Waals surface area contributed by atoms with E-state index in [-0.39, 0.29) is 11.3 Å². The Bertz CT molecular complexity index is 888. The molecule has 0 saturated heterocycles. The van der Waals surface area contributed by atoms with E-state index in [0.29, 0.717) is 5.52 Å². The summed E-state index contributed by atoms with van der Waals surface area (Å²) >= 11 is 0. The fraction of sp³-hybridized carbons (Fsp3) is 0.0588. The van der Waals surface area contributed by atoms with Gasteiger partial charge in [0, 0.05) is 17.6 Å². The molecule has 0 radical (unpaired) electrons. The summed E-state index contributed by atoms with van der Waals surface area (Å²) in [4.78, 5) is 16.4. The molecule has 0 aliphatic heterocycles. The normalized spacial score (nSPS) is 11.3. The highest BCUT2D eigenvalue weighted by molar-refractivity contribution is 6.03. The fourth-order valence-electron chi connectivity index (χ4n) is 2.17. The molecule has 3 rings (SSSR count). The van der Waals surface area contributed by atoms with Crippen LogP contribution in [0.5, 0.6) is 11.5 Å². The van der Waals surface area contributed by atoms with E-state index < -0.39 is 18.1 Å². The second kappa shape index (κ2) is 6.19. The van der Waals surface area contributed by atoms with Crippen LogP contribution in [0, 0.1) is 0 Å². The predicted molar refractivity (Wildman–Crippen MR) is 79.8 cm³/mol. The first-order chi connectivity index (χ1) is 11.4. The topological polar surface area (TPSA) is 48.4 Å². The molecule has 1 aromatic heterocycles. The SMILES string of the molecule is O=C(Oc1cccc(OC(F)(F)F)c1)c1cccc2cccnc12. The highest BCUT2D eigenvalue weighted by Crippen LogP contribution is 2.27. The summed E-state index contributed by atoms with van der Waals surface area (Å²) in [5, 5.41) is 0.751. The van der Waals surface area contributed by atoms with E-state index in [1.54, 1.807) is 24.3 Å². The van der Waals surface area contributed by atoms with Crippen LogP contribution < -0.4 is 9.47 Å². The standard InChI is InChI=1S/C17H10F3NO3/c18-17(19,20)24-13-7-2-6-12(10-13)23-16(22)14-8-1-4-11-5-3-9-21-15(11)14/h1-10H. The van der Waals surface area contributed by atoms with Crippen molar-refractivity contribution < 1.29 is 27.4 Å². The number of halogens is 3. The third kappa shape index (κ3) is 3.62. The Hall–Kier alpha value is -3.09. The molecule has 4 nitrogen and oxygen atoms in total. The number of aromatic nitrogens is 1. The Morgan fingerprint density at radius 3 is 2.46 bits per heavy atom. The maximum Gasteiger partial charge on any atom is 0.573 e. The van der Waals surface area contributed by atoms with Gasteiger partial charge in [0.05, 0.1) is 11.1 Å². The zero-order valence-corrected chi connectivity index (χ0v) is 12.1. The van der Waals surface area contributed by atoms with Gasteiger partial charge in [-0.3, -0.25) is 4.98 Å². The van der Waals surface area contributed by atoms with Crippen molar-refractivity contribution in [1.82, 2.24) is 4.98 Å². The Kier molecular flexibility index (Phi) is 4.07. The smallest absolute Gasteiger partial charge is 0.423 e. The summed E-state index contributed by atoms with van der Waals surface area (Å²) in [5.74, 6) is -1.25. The number of pyridine rings is 1. The van der Waals surface area contributed by atoms with Gasteiger partial charge in [-0.25, -0.2) is 4.79 Å². The van der Waals surface area contributed by atoms with Crippen LogP contribution in [0.3, 0.4) is 0 Å². The average Bonchev–Trinajstić information content (AvgIpc) is 2.53. The Labute approximate surface area is 134 Å². The molecule has 7 heteroatoms. The molecule has 0 amide bonds. The van der Waals surface area contributed by atoms with Crippen molar-refractivity contribution in [3.8, 4) is 11.5 Å². The number of nitrogens with zero attached hydrogens (tertiary/aromatic N) is 1. The summed E-state index contributed by atoms with van der Waals surface area (Å²) in [6, 6.07) is 13.3. The fourth-order valence-corrected chi connectivity index (χ4v) is 2.17. The number of carbonyl (C=O) groups is 1. The lowest BCUT2D eigenvalue weighted by atomic mass is 10.1. The van der Waals surface area contributed by atoms with Gasteiger partial charge in [-0.05, 0) is 24.3 Å². The van der Waals surface area contributed by atoms with Gasteiger partial charge in [0.1, 0.15) is 11.5 Å². The highest BCUT2D eigenvalue weighted by atomic mass is 19.4. The summed E-state index contributed by atoms with van der Waals surface area (Å²) in [6.45, 7) is 0. The first kappa shape index (κ1) is 15.8. The molecular formula is C17H10F3NO3. The molecule has 3 aromatic rings. The molecule has 0 bridgehead atoms. The summed E-state index contributed by atoms with van der Waals surface area (Å²) in [6.07, 6.45) is -3.28. The number of hydrogen-bond donors (Lipinski definition) is 0. The summed E-state index contributed by atoms with van der Waals surface area (Å²) in [5.41, 5.74) is 0.669. The van der Waals surface area contributed by atoms with Crippen molar-refractivity contribution >= 4 is 16.9 Å². The second-order valence-corrected chi connectivity index (χ2v) is 4.79. The van der Waals surface area contributed by atoms with E-state index >= 15 is 0 Å². The highest BCUT2D eigenvalue weighted by Gasteiger charge is 2.31. The Balaban J connectivity index is 1.86. The van der Waals surface area contributed by atoms with Crippen molar-refractivity contribution in [3.05, 3.63) is 66.4 Å².